The van der Waals surface area contributed by atoms with Crippen LogP contribution >= 0.6 is 28.1 Å². The van der Waals surface area contributed by atoms with Gasteiger partial charge in [0.15, 0.2) is 10.9 Å². The van der Waals surface area contributed by atoms with Gasteiger partial charge in [0.1, 0.15) is 0 Å². The van der Waals surface area contributed by atoms with Gasteiger partial charge in [-0.1, -0.05) is 41.1 Å². The highest BCUT2D eigenvalue weighted by molar-refractivity contribution is 9.10. The molecule has 0 spiro atoms. The number of carbonyl (C=O) groups is 1. The number of nitrogens with zero attached hydrogens (tertiary/aromatic N) is 1. The summed E-state index contributed by atoms with van der Waals surface area (Å²) in [5.74, 6) is 0.248. The molecule has 2 aliphatic rings. The summed E-state index contributed by atoms with van der Waals surface area (Å²) in [6.45, 7) is 2.99. The van der Waals surface area contributed by atoms with E-state index in [1.165, 1.54) is 0 Å². The average molecular weight is 379 g/mol. The van der Waals surface area contributed by atoms with Crippen molar-refractivity contribution in [3.8, 4) is 0 Å². The van der Waals surface area contributed by atoms with Gasteiger partial charge < -0.3 is 10.2 Å². The molecule has 0 aromatic heterocycles. The van der Waals surface area contributed by atoms with E-state index >= 15 is 0 Å². The second-order valence-electron chi connectivity index (χ2n) is 5.69. The molecule has 1 aliphatic heterocycles. The molecule has 116 valence electrons. The minimum Gasteiger partial charge on any atom is -0.351 e. The first kappa shape index (κ1) is 15.7. The summed E-state index contributed by atoms with van der Waals surface area (Å²) in [5.41, 5.74) is 3.10. The number of hydrogen-bond acceptors (Lipinski definition) is 2. The van der Waals surface area contributed by atoms with Crippen LogP contribution < -0.4 is 5.32 Å². The SMILES string of the molecule is CCCN1C(=S)NC(c2ccccc2Br)C2=C1CCCC2=O. The van der Waals surface area contributed by atoms with Crippen molar-refractivity contribution in [3.05, 3.63) is 45.6 Å². The van der Waals surface area contributed by atoms with Crippen LogP contribution in [0.4, 0.5) is 0 Å². The van der Waals surface area contributed by atoms with Gasteiger partial charge in [-0.2, -0.15) is 0 Å². The quantitative estimate of drug-likeness (QED) is 0.802. The van der Waals surface area contributed by atoms with E-state index in [4.69, 9.17) is 12.2 Å². The van der Waals surface area contributed by atoms with E-state index in [0.717, 1.165) is 52.2 Å². The molecule has 1 aromatic carbocycles. The van der Waals surface area contributed by atoms with Crippen LogP contribution in [0.2, 0.25) is 0 Å². The Bertz CT molecular complexity index is 656. The molecule has 0 amide bonds. The maximum Gasteiger partial charge on any atom is 0.173 e. The van der Waals surface area contributed by atoms with Crippen LogP contribution in [0.15, 0.2) is 40.0 Å². The first-order chi connectivity index (χ1) is 10.6. The van der Waals surface area contributed by atoms with E-state index in [1.54, 1.807) is 0 Å². The van der Waals surface area contributed by atoms with Crippen LogP contribution in [0, 0.1) is 0 Å². The molecule has 5 heteroatoms. The third-order valence-electron chi connectivity index (χ3n) is 4.22. The minimum atomic E-state index is -0.140. The summed E-state index contributed by atoms with van der Waals surface area (Å²) in [6.07, 6.45) is 3.49. The second kappa shape index (κ2) is 6.50. The molecule has 1 N–H and O–H groups in total. The number of carbonyl (C=O) groups excluding carboxylic acids is 1. The Morgan fingerprint density at radius 1 is 1.36 bits per heavy atom. The predicted molar refractivity (Wildman–Crippen MR) is 95.5 cm³/mol. The van der Waals surface area contributed by atoms with E-state index < -0.39 is 0 Å². The molecule has 0 fully saturated rings. The zero-order valence-corrected chi connectivity index (χ0v) is 15.0. The van der Waals surface area contributed by atoms with E-state index in [2.05, 4.69) is 33.1 Å². The third-order valence-corrected chi connectivity index (χ3v) is 5.28. The van der Waals surface area contributed by atoms with Gasteiger partial charge in [0, 0.05) is 28.7 Å². The predicted octanol–water partition coefficient (Wildman–Crippen LogP) is 4.10. The van der Waals surface area contributed by atoms with Crippen molar-refractivity contribution in [1.29, 1.82) is 0 Å². The maximum atomic E-state index is 12.6. The second-order valence-corrected chi connectivity index (χ2v) is 6.93. The summed E-state index contributed by atoms with van der Waals surface area (Å²) < 4.78 is 1.00. The van der Waals surface area contributed by atoms with Crippen molar-refractivity contribution in [2.45, 2.75) is 38.6 Å². The van der Waals surface area contributed by atoms with Gasteiger partial charge in [-0.25, -0.2) is 0 Å². The number of ketones is 1. The van der Waals surface area contributed by atoms with Gasteiger partial charge in [-0.15, -0.1) is 0 Å². The normalized spacial score (nSPS) is 21.7. The molecule has 3 nitrogen and oxygen atoms in total. The summed E-state index contributed by atoms with van der Waals surface area (Å²) in [4.78, 5) is 14.7. The summed E-state index contributed by atoms with van der Waals surface area (Å²) >= 11 is 9.18. The Labute approximate surface area is 144 Å². The molecule has 3 rings (SSSR count). The smallest absolute Gasteiger partial charge is 0.173 e. The minimum absolute atomic E-state index is 0.140. The van der Waals surface area contributed by atoms with Crippen molar-refractivity contribution in [2.24, 2.45) is 0 Å². The van der Waals surface area contributed by atoms with Crippen LogP contribution in [0.1, 0.15) is 44.2 Å². The van der Waals surface area contributed by atoms with Crippen molar-refractivity contribution in [2.75, 3.05) is 6.54 Å². The van der Waals surface area contributed by atoms with Crippen molar-refractivity contribution >= 4 is 39.0 Å². The Morgan fingerprint density at radius 2 is 2.14 bits per heavy atom. The lowest BCUT2D eigenvalue weighted by atomic mass is 9.85. The molecule has 0 saturated heterocycles. The van der Waals surface area contributed by atoms with E-state index in [1.807, 2.05) is 24.3 Å². The van der Waals surface area contributed by atoms with E-state index in [9.17, 15) is 4.79 Å². The molecular formula is C17H19BrN2OS. The fraction of sp³-hybridized carbons (Fsp3) is 0.412. The molecule has 0 saturated carbocycles. The van der Waals surface area contributed by atoms with Gasteiger partial charge in [0.25, 0.3) is 0 Å². The van der Waals surface area contributed by atoms with Crippen molar-refractivity contribution in [1.82, 2.24) is 10.2 Å². The first-order valence-electron chi connectivity index (χ1n) is 7.72. The Balaban J connectivity index is 2.11. The third kappa shape index (κ3) is 2.72. The van der Waals surface area contributed by atoms with Crippen LogP contribution in [-0.4, -0.2) is 22.3 Å². The fourth-order valence-corrected chi connectivity index (χ4v) is 4.09. The molecule has 22 heavy (non-hydrogen) atoms. The molecule has 0 radical (unpaired) electrons. The number of halogens is 1. The number of benzene rings is 1. The lowest BCUT2D eigenvalue weighted by Crippen LogP contribution is -2.49. The van der Waals surface area contributed by atoms with Gasteiger partial charge in [0.2, 0.25) is 0 Å². The van der Waals surface area contributed by atoms with E-state index in [-0.39, 0.29) is 11.8 Å². The number of hydrogen-bond donors (Lipinski definition) is 1. The number of nitrogens with one attached hydrogen (secondary N) is 1. The standard InChI is InChI=1S/C17H19BrN2OS/c1-2-10-20-13-8-5-9-14(21)15(13)16(19-17(20)22)11-6-3-4-7-12(11)18/h3-4,6-7,16H,2,5,8-10H2,1H3,(H,19,22). The van der Waals surface area contributed by atoms with Gasteiger partial charge >= 0.3 is 0 Å². The van der Waals surface area contributed by atoms with Gasteiger partial charge in [-0.3, -0.25) is 4.79 Å². The van der Waals surface area contributed by atoms with Crippen LogP contribution in [0.5, 0.6) is 0 Å². The summed E-state index contributed by atoms with van der Waals surface area (Å²) in [7, 11) is 0. The molecule has 1 atom stereocenters. The van der Waals surface area contributed by atoms with Gasteiger partial charge in [-0.05, 0) is 43.1 Å². The Kier molecular flexibility index (Phi) is 4.64. The number of rotatable bonds is 3. The van der Waals surface area contributed by atoms with Crippen LogP contribution in [-0.2, 0) is 4.79 Å². The Morgan fingerprint density at radius 3 is 2.86 bits per heavy atom. The highest BCUT2D eigenvalue weighted by atomic mass is 79.9. The Hall–Kier alpha value is -1.20. The van der Waals surface area contributed by atoms with Gasteiger partial charge in [0.05, 0.1) is 6.04 Å². The molecule has 1 aliphatic carbocycles. The molecule has 0 bridgehead atoms. The lowest BCUT2D eigenvalue weighted by Gasteiger charge is -2.41. The zero-order valence-electron chi connectivity index (χ0n) is 12.6. The fourth-order valence-electron chi connectivity index (χ4n) is 3.25. The van der Waals surface area contributed by atoms with Crippen LogP contribution in [0.3, 0.4) is 0 Å². The van der Waals surface area contributed by atoms with Crippen LogP contribution in [0.25, 0.3) is 0 Å². The first-order valence-corrected chi connectivity index (χ1v) is 8.92. The molecule has 1 heterocycles. The highest BCUT2D eigenvalue weighted by Gasteiger charge is 2.37. The lowest BCUT2D eigenvalue weighted by molar-refractivity contribution is -0.116. The maximum absolute atomic E-state index is 12.6. The molecule has 1 aromatic rings. The summed E-state index contributed by atoms with van der Waals surface area (Å²) in [5, 5.41) is 4.12. The zero-order chi connectivity index (χ0) is 15.7. The van der Waals surface area contributed by atoms with Crippen molar-refractivity contribution < 1.29 is 4.79 Å². The number of allylic oxidation sites excluding steroid dienone is 1. The average Bonchev–Trinajstić information content (AvgIpc) is 2.50. The number of thiocarbonyl (C=S) groups is 1. The largest absolute Gasteiger partial charge is 0.351 e. The molecular weight excluding hydrogens is 360 g/mol. The highest BCUT2D eigenvalue weighted by Crippen LogP contribution is 2.39. The van der Waals surface area contributed by atoms with E-state index in [0.29, 0.717) is 6.42 Å². The monoisotopic (exact) mass is 378 g/mol. The van der Waals surface area contributed by atoms with Crippen molar-refractivity contribution in [3.63, 3.8) is 0 Å². The molecule has 1 unspecified atom stereocenters. The topological polar surface area (TPSA) is 32.3 Å². The summed E-state index contributed by atoms with van der Waals surface area (Å²) in [6, 6.07) is 7.89. The number of Topliss-reactive ketones (excluding diaryl/α,β-unsaturated/α-hetero) is 1.